The minimum atomic E-state index is -5.08. The summed E-state index contributed by atoms with van der Waals surface area (Å²) in [7, 11) is 0. The average Bonchev–Trinajstić information content (AvgIpc) is 3.34. The third-order valence-corrected chi connectivity index (χ3v) is 4.89. The molecule has 1 aromatic rings. The highest BCUT2D eigenvalue weighted by atomic mass is 79.9. The topological polar surface area (TPSA) is 108 Å². The number of benzene rings is 1. The van der Waals surface area contributed by atoms with Gasteiger partial charge < -0.3 is 15.7 Å². The number of likely N-dealkylation sites (tertiary alicyclic amines) is 1. The summed E-state index contributed by atoms with van der Waals surface area (Å²) < 4.78 is 71.2. The number of alkyl halides is 6. The second-order valence-electron chi connectivity index (χ2n) is 6.61. The van der Waals surface area contributed by atoms with E-state index in [1.54, 1.807) is 0 Å². The zero-order valence-corrected chi connectivity index (χ0v) is 16.5. The van der Waals surface area contributed by atoms with Gasteiger partial charge in [0, 0.05) is 17.6 Å². The second-order valence-corrected chi connectivity index (χ2v) is 7.52. The molecule has 3 rings (SSSR count). The van der Waals surface area contributed by atoms with Gasteiger partial charge in [0.2, 0.25) is 5.91 Å². The highest BCUT2D eigenvalue weighted by Gasteiger charge is 2.70. The summed E-state index contributed by atoms with van der Waals surface area (Å²) in [4.78, 5) is 22.4. The quantitative estimate of drug-likeness (QED) is 0.614. The summed E-state index contributed by atoms with van der Waals surface area (Å²) in [6.07, 6.45) is -9.25. The predicted molar refractivity (Wildman–Crippen MR) is 93.2 cm³/mol. The van der Waals surface area contributed by atoms with Gasteiger partial charge in [-0.05, 0) is 24.1 Å². The molecule has 1 saturated heterocycles. The highest BCUT2D eigenvalue weighted by Crippen LogP contribution is 2.52. The number of nitrogens with two attached hydrogens (primary N) is 1. The first-order valence-electron chi connectivity index (χ1n) is 8.27. The number of amides is 1. The lowest BCUT2D eigenvalue weighted by molar-refractivity contribution is -0.192. The molecule has 14 heteroatoms. The van der Waals surface area contributed by atoms with Crippen LogP contribution < -0.4 is 5.73 Å². The van der Waals surface area contributed by atoms with Gasteiger partial charge >= 0.3 is 18.3 Å². The Balaban J connectivity index is 0.000000396. The monoisotopic (exact) mass is 504 g/mol. The van der Waals surface area contributed by atoms with Gasteiger partial charge in [0.25, 0.3) is 5.66 Å². The fourth-order valence-electron chi connectivity index (χ4n) is 2.71. The Labute approximate surface area is 174 Å². The van der Waals surface area contributed by atoms with Gasteiger partial charge in [-0.15, -0.1) is 10.2 Å². The van der Waals surface area contributed by atoms with Crippen LogP contribution in [0.4, 0.5) is 26.3 Å². The summed E-state index contributed by atoms with van der Waals surface area (Å²) in [5.41, 5.74) is 4.48. The van der Waals surface area contributed by atoms with E-state index in [9.17, 15) is 31.1 Å². The molecule has 1 fully saturated rings. The molecular formula is C16H15BrF6N4O3. The smallest absolute Gasteiger partial charge is 0.475 e. The Kier molecular flexibility index (Phi) is 6.81. The molecule has 1 amide bonds. The molecule has 1 aromatic carbocycles. The van der Waals surface area contributed by atoms with Crippen molar-refractivity contribution >= 4 is 27.8 Å². The first-order valence-corrected chi connectivity index (χ1v) is 9.06. The average molecular weight is 505 g/mol. The summed E-state index contributed by atoms with van der Waals surface area (Å²) in [5, 5.41) is 13.5. The normalized spacial score (nSPS) is 18.7. The maximum atomic E-state index is 12.9. The first kappa shape index (κ1) is 24.1. The van der Waals surface area contributed by atoms with Crippen LogP contribution in [0.3, 0.4) is 0 Å². The number of rotatable bonds is 4. The molecule has 0 aromatic heterocycles. The van der Waals surface area contributed by atoms with E-state index < -0.39 is 35.9 Å². The molecule has 2 aliphatic heterocycles. The number of hydrogen-bond acceptors (Lipinski definition) is 5. The van der Waals surface area contributed by atoms with Crippen LogP contribution in [0.2, 0.25) is 0 Å². The largest absolute Gasteiger partial charge is 0.490 e. The summed E-state index contributed by atoms with van der Waals surface area (Å²) >= 11 is 3.33. The van der Waals surface area contributed by atoms with Gasteiger partial charge in [0.05, 0.1) is 12.0 Å². The lowest BCUT2D eigenvalue weighted by atomic mass is 9.87. The van der Waals surface area contributed by atoms with Gasteiger partial charge in [-0.2, -0.15) is 26.3 Å². The second kappa shape index (κ2) is 8.49. The van der Waals surface area contributed by atoms with E-state index in [1.165, 1.54) is 4.90 Å². The van der Waals surface area contributed by atoms with E-state index in [2.05, 4.69) is 26.2 Å². The molecule has 0 spiro atoms. The van der Waals surface area contributed by atoms with E-state index in [1.807, 2.05) is 24.3 Å². The molecule has 1 atom stereocenters. The lowest BCUT2D eigenvalue weighted by Crippen LogP contribution is -2.62. The van der Waals surface area contributed by atoms with Gasteiger partial charge in [0.1, 0.15) is 0 Å². The van der Waals surface area contributed by atoms with Crippen molar-refractivity contribution in [3.63, 3.8) is 0 Å². The maximum absolute atomic E-state index is 12.9. The standard InChI is InChI=1S/C14H14BrF3N4O.C2HF3O2/c15-10-3-1-2-8(4-10)5-11(19)12(23)22-6-9(7-22)13(20-21-13)14(16,17)18;3-2(4,5)1(6)7/h1-4,9,11H,5-7,19H2;(H,6,7). The van der Waals surface area contributed by atoms with Crippen LogP contribution in [0.5, 0.6) is 0 Å². The van der Waals surface area contributed by atoms with Crippen molar-refractivity contribution in [2.75, 3.05) is 13.1 Å². The van der Waals surface area contributed by atoms with Crippen molar-refractivity contribution < 1.29 is 41.0 Å². The van der Waals surface area contributed by atoms with E-state index in [-0.39, 0.29) is 19.0 Å². The van der Waals surface area contributed by atoms with Gasteiger partial charge in [-0.25, -0.2) is 4.79 Å². The fraction of sp³-hybridized carbons (Fsp3) is 0.500. The number of aliphatic carboxylic acids is 1. The van der Waals surface area contributed by atoms with Crippen LogP contribution >= 0.6 is 15.9 Å². The third kappa shape index (κ3) is 5.47. The van der Waals surface area contributed by atoms with Crippen LogP contribution in [0.15, 0.2) is 39.0 Å². The minimum Gasteiger partial charge on any atom is -0.475 e. The molecule has 166 valence electrons. The Morgan fingerprint density at radius 3 is 2.17 bits per heavy atom. The molecule has 2 aliphatic rings. The molecule has 1 unspecified atom stereocenters. The van der Waals surface area contributed by atoms with Crippen molar-refractivity contribution in [1.82, 2.24) is 4.90 Å². The Bertz CT molecular complexity index is 833. The molecular weight excluding hydrogens is 490 g/mol. The molecule has 0 aliphatic carbocycles. The number of hydrogen-bond donors (Lipinski definition) is 2. The molecule has 2 heterocycles. The van der Waals surface area contributed by atoms with Crippen LogP contribution in [0, 0.1) is 5.92 Å². The number of halogens is 7. The number of carbonyl (C=O) groups is 2. The van der Waals surface area contributed by atoms with Crippen molar-refractivity contribution in [1.29, 1.82) is 0 Å². The summed E-state index contributed by atoms with van der Waals surface area (Å²) in [5.74, 6) is -3.91. The summed E-state index contributed by atoms with van der Waals surface area (Å²) in [6, 6.07) is 6.61. The molecule has 7 nitrogen and oxygen atoms in total. The molecule has 30 heavy (non-hydrogen) atoms. The Morgan fingerprint density at radius 2 is 1.77 bits per heavy atom. The number of carboxylic acid groups (broad SMARTS) is 1. The SMILES string of the molecule is NC(Cc1cccc(Br)c1)C(=O)N1CC(C2(C(F)(F)F)N=N2)C1.O=C(O)C(F)(F)F. The molecule has 0 bridgehead atoms. The van der Waals surface area contributed by atoms with Gasteiger partial charge in [0.15, 0.2) is 0 Å². The van der Waals surface area contributed by atoms with Crippen molar-refractivity contribution in [2.24, 2.45) is 21.9 Å². The van der Waals surface area contributed by atoms with Crippen LogP contribution in [-0.2, 0) is 16.0 Å². The molecule has 0 saturated carbocycles. The molecule has 3 N–H and O–H groups in total. The Hall–Kier alpha value is -2.22. The zero-order valence-electron chi connectivity index (χ0n) is 14.9. The summed E-state index contributed by atoms with van der Waals surface area (Å²) in [6.45, 7) is -0.0327. The number of carboxylic acids is 1. The van der Waals surface area contributed by atoms with Crippen LogP contribution in [-0.4, -0.2) is 59.0 Å². The fourth-order valence-corrected chi connectivity index (χ4v) is 3.16. The van der Waals surface area contributed by atoms with Crippen LogP contribution in [0.25, 0.3) is 0 Å². The number of carbonyl (C=O) groups excluding carboxylic acids is 1. The zero-order chi connectivity index (χ0) is 22.9. The van der Waals surface area contributed by atoms with Crippen molar-refractivity contribution in [3.8, 4) is 0 Å². The van der Waals surface area contributed by atoms with Crippen molar-refractivity contribution in [3.05, 3.63) is 34.3 Å². The first-order chi connectivity index (χ1) is 13.7. The maximum Gasteiger partial charge on any atom is 0.490 e. The lowest BCUT2D eigenvalue weighted by Gasteiger charge is -2.42. The minimum absolute atomic E-state index is 0.0163. The molecule has 0 radical (unpaired) electrons. The van der Waals surface area contributed by atoms with E-state index in [0.29, 0.717) is 6.42 Å². The highest BCUT2D eigenvalue weighted by molar-refractivity contribution is 9.10. The third-order valence-electron chi connectivity index (χ3n) is 4.40. The van der Waals surface area contributed by atoms with Crippen molar-refractivity contribution in [2.45, 2.75) is 30.5 Å². The predicted octanol–water partition coefficient (Wildman–Crippen LogP) is 3.14. The van der Waals surface area contributed by atoms with E-state index in [0.717, 1.165) is 10.0 Å². The number of nitrogens with zero attached hydrogens (tertiary/aromatic N) is 3. The van der Waals surface area contributed by atoms with Gasteiger partial charge in [-0.1, -0.05) is 28.1 Å². The van der Waals surface area contributed by atoms with Crippen LogP contribution in [0.1, 0.15) is 5.56 Å². The van der Waals surface area contributed by atoms with E-state index in [4.69, 9.17) is 15.6 Å². The van der Waals surface area contributed by atoms with Gasteiger partial charge in [-0.3, -0.25) is 4.79 Å². The van der Waals surface area contributed by atoms with E-state index >= 15 is 0 Å². The Morgan fingerprint density at radius 1 is 1.23 bits per heavy atom.